The van der Waals surface area contributed by atoms with Crippen molar-refractivity contribution in [2.45, 2.75) is 19.0 Å². The average molecular weight is 283 g/mol. The number of nitrogens with zero attached hydrogens (tertiary/aromatic N) is 1. The Morgan fingerprint density at radius 2 is 2.20 bits per heavy atom. The van der Waals surface area contributed by atoms with Crippen LogP contribution < -0.4 is 11.1 Å². The van der Waals surface area contributed by atoms with E-state index in [0.29, 0.717) is 13.1 Å². The van der Waals surface area contributed by atoms with E-state index < -0.39 is 23.6 Å². The van der Waals surface area contributed by atoms with Crippen LogP contribution in [0.15, 0.2) is 18.2 Å². The molecule has 3 N–H and O–H groups in total. The van der Waals surface area contributed by atoms with Crippen LogP contribution in [0.4, 0.5) is 8.78 Å². The Morgan fingerprint density at radius 1 is 1.45 bits per heavy atom. The molecule has 1 saturated heterocycles. The highest BCUT2D eigenvalue weighted by atomic mass is 19.2. The third kappa shape index (κ3) is 3.11. The lowest BCUT2D eigenvalue weighted by Gasteiger charge is -2.34. The molecule has 7 heteroatoms. The molecule has 1 atom stereocenters. The monoisotopic (exact) mass is 283 g/mol. The van der Waals surface area contributed by atoms with Crippen molar-refractivity contribution in [3.05, 3.63) is 35.4 Å². The maximum atomic E-state index is 13.6. The smallest absolute Gasteiger partial charge is 0.237 e. The Bertz CT molecular complexity index is 536. The van der Waals surface area contributed by atoms with Crippen LogP contribution in [0.5, 0.6) is 0 Å². The van der Waals surface area contributed by atoms with Crippen molar-refractivity contribution in [2.24, 2.45) is 5.73 Å². The second kappa shape index (κ2) is 5.96. The summed E-state index contributed by atoms with van der Waals surface area (Å²) in [7, 11) is 0. The molecule has 0 spiro atoms. The first kappa shape index (κ1) is 14.4. The van der Waals surface area contributed by atoms with E-state index in [1.54, 1.807) is 4.90 Å². The van der Waals surface area contributed by atoms with Crippen molar-refractivity contribution in [1.82, 2.24) is 10.2 Å². The van der Waals surface area contributed by atoms with Gasteiger partial charge < -0.3 is 11.1 Å². The Balaban J connectivity index is 2.18. The van der Waals surface area contributed by atoms with Gasteiger partial charge in [-0.2, -0.15) is 0 Å². The molecule has 1 unspecified atom stereocenters. The molecule has 1 aromatic carbocycles. The molecule has 1 aliphatic heterocycles. The zero-order valence-electron chi connectivity index (χ0n) is 10.7. The Morgan fingerprint density at radius 3 is 2.90 bits per heavy atom. The molecule has 0 bridgehead atoms. The predicted molar refractivity (Wildman–Crippen MR) is 67.4 cm³/mol. The number of nitrogens with two attached hydrogens (primary N) is 1. The summed E-state index contributed by atoms with van der Waals surface area (Å²) in [5.41, 5.74) is 5.26. The third-order valence-electron chi connectivity index (χ3n) is 3.24. The fourth-order valence-electron chi connectivity index (χ4n) is 2.25. The molecule has 108 valence electrons. The number of nitrogens with one attached hydrogen (secondary N) is 1. The summed E-state index contributed by atoms with van der Waals surface area (Å²) in [6.07, 6.45) is -0.150. The number of hydrogen-bond donors (Lipinski definition) is 2. The molecular weight excluding hydrogens is 268 g/mol. The van der Waals surface area contributed by atoms with Gasteiger partial charge in [0.05, 0.1) is 12.5 Å². The highest BCUT2D eigenvalue weighted by molar-refractivity contribution is 5.88. The molecule has 5 nitrogen and oxygen atoms in total. The van der Waals surface area contributed by atoms with E-state index in [9.17, 15) is 18.4 Å². The lowest BCUT2D eigenvalue weighted by Crippen LogP contribution is -2.55. The summed E-state index contributed by atoms with van der Waals surface area (Å²) in [4.78, 5) is 24.4. The van der Waals surface area contributed by atoms with Crippen molar-refractivity contribution in [3.8, 4) is 0 Å². The van der Waals surface area contributed by atoms with Gasteiger partial charge in [-0.05, 0) is 6.07 Å². The van der Waals surface area contributed by atoms with Crippen LogP contribution in [0.1, 0.15) is 12.0 Å². The number of halogens is 2. The molecule has 1 aliphatic rings. The normalized spacial score (nSPS) is 19.7. The maximum Gasteiger partial charge on any atom is 0.237 e. The van der Waals surface area contributed by atoms with E-state index >= 15 is 0 Å². The molecule has 0 radical (unpaired) electrons. The molecule has 2 amide bonds. The van der Waals surface area contributed by atoms with Gasteiger partial charge in [-0.1, -0.05) is 12.1 Å². The van der Waals surface area contributed by atoms with E-state index in [-0.39, 0.29) is 24.4 Å². The van der Waals surface area contributed by atoms with Crippen LogP contribution in [0.3, 0.4) is 0 Å². The molecule has 20 heavy (non-hydrogen) atoms. The largest absolute Gasteiger partial charge is 0.370 e. The van der Waals surface area contributed by atoms with Crippen molar-refractivity contribution < 1.29 is 18.4 Å². The van der Waals surface area contributed by atoms with Crippen LogP contribution >= 0.6 is 0 Å². The molecule has 1 fully saturated rings. The van der Waals surface area contributed by atoms with Gasteiger partial charge in [-0.3, -0.25) is 14.5 Å². The fourth-order valence-corrected chi connectivity index (χ4v) is 2.25. The van der Waals surface area contributed by atoms with Gasteiger partial charge >= 0.3 is 0 Å². The first-order valence-corrected chi connectivity index (χ1v) is 6.22. The minimum absolute atomic E-state index is 0.0506. The maximum absolute atomic E-state index is 13.6. The molecule has 1 heterocycles. The summed E-state index contributed by atoms with van der Waals surface area (Å²) < 4.78 is 26.8. The second-order valence-electron chi connectivity index (χ2n) is 4.66. The van der Waals surface area contributed by atoms with Crippen LogP contribution in [0, 0.1) is 11.6 Å². The number of rotatable bonds is 4. The zero-order valence-corrected chi connectivity index (χ0v) is 10.7. The van der Waals surface area contributed by atoms with Crippen LogP contribution in [0.2, 0.25) is 0 Å². The van der Waals surface area contributed by atoms with Gasteiger partial charge in [-0.15, -0.1) is 0 Å². The molecule has 0 aliphatic carbocycles. The molecule has 2 rings (SSSR count). The number of carbonyl (C=O) groups is 2. The van der Waals surface area contributed by atoms with Crippen molar-refractivity contribution in [2.75, 3.05) is 13.1 Å². The van der Waals surface area contributed by atoms with E-state index in [4.69, 9.17) is 5.73 Å². The van der Waals surface area contributed by atoms with Gasteiger partial charge in [0.2, 0.25) is 11.8 Å². The van der Waals surface area contributed by atoms with Gasteiger partial charge in [0.25, 0.3) is 0 Å². The quantitative estimate of drug-likeness (QED) is 0.825. The molecule has 1 aromatic rings. The number of piperazine rings is 1. The van der Waals surface area contributed by atoms with Crippen LogP contribution in [0.25, 0.3) is 0 Å². The summed E-state index contributed by atoms with van der Waals surface area (Å²) in [5.74, 6) is -2.81. The SMILES string of the molecule is NC(=O)CC1C(=O)NCCN1Cc1cccc(F)c1F. The Labute approximate surface area is 114 Å². The summed E-state index contributed by atoms with van der Waals surface area (Å²) in [5, 5.41) is 2.62. The van der Waals surface area contributed by atoms with Crippen molar-refractivity contribution >= 4 is 11.8 Å². The van der Waals surface area contributed by atoms with Gasteiger partial charge in [-0.25, -0.2) is 8.78 Å². The topological polar surface area (TPSA) is 75.4 Å². The van der Waals surface area contributed by atoms with Crippen LogP contribution in [-0.4, -0.2) is 35.8 Å². The second-order valence-corrected chi connectivity index (χ2v) is 4.66. The number of carbonyl (C=O) groups excluding carboxylic acids is 2. The minimum Gasteiger partial charge on any atom is -0.370 e. The highest BCUT2D eigenvalue weighted by Crippen LogP contribution is 2.17. The van der Waals surface area contributed by atoms with E-state index in [1.165, 1.54) is 12.1 Å². The Kier molecular flexibility index (Phi) is 4.29. The average Bonchev–Trinajstić information content (AvgIpc) is 2.38. The first-order chi connectivity index (χ1) is 9.49. The molecule has 0 saturated carbocycles. The number of amides is 2. The first-order valence-electron chi connectivity index (χ1n) is 6.22. The third-order valence-corrected chi connectivity index (χ3v) is 3.24. The lowest BCUT2D eigenvalue weighted by atomic mass is 10.1. The summed E-state index contributed by atoms with van der Waals surface area (Å²) >= 11 is 0. The predicted octanol–water partition coefficient (Wildman–Crippen LogP) is 0.141. The van der Waals surface area contributed by atoms with Crippen LogP contribution in [-0.2, 0) is 16.1 Å². The fraction of sp³-hybridized carbons (Fsp3) is 0.385. The number of benzene rings is 1. The van der Waals surface area contributed by atoms with Gasteiger partial charge in [0.15, 0.2) is 11.6 Å². The van der Waals surface area contributed by atoms with Gasteiger partial charge in [0, 0.05) is 25.2 Å². The van der Waals surface area contributed by atoms with E-state index in [0.717, 1.165) is 6.07 Å². The number of hydrogen-bond acceptors (Lipinski definition) is 3. The summed E-state index contributed by atoms with van der Waals surface area (Å²) in [6.45, 7) is 0.889. The number of primary amides is 1. The van der Waals surface area contributed by atoms with E-state index in [1.807, 2.05) is 0 Å². The van der Waals surface area contributed by atoms with Crippen molar-refractivity contribution in [3.63, 3.8) is 0 Å². The molecular formula is C13H15F2N3O2. The highest BCUT2D eigenvalue weighted by Gasteiger charge is 2.31. The standard InChI is InChI=1S/C13H15F2N3O2/c14-9-3-1-2-8(12(9)15)7-18-5-4-17-13(20)10(18)6-11(16)19/h1-3,10H,4-7H2,(H2,16,19)(H,17,20). The van der Waals surface area contributed by atoms with E-state index in [2.05, 4.69) is 5.32 Å². The molecule has 0 aromatic heterocycles. The van der Waals surface area contributed by atoms with Crippen molar-refractivity contribution in [1.29, 1.82) is 0 Å². The Hall–Kier alpha value is -2.02. The zero-order chi connectivity index (χ0) is 14.7. The lowest BCUT2D eigenvalue weighted by molar-refractivity contribution is -0.133. The minimum atomic E-state index is -0.935. The van der Waals surface area contributed by atoms with Gasteiger partial charge in [0.1, 0.15) is 0 Å². The summed E-state index contributed by atoms with van der Waals surface area (Å²) in [6, 6.07) is 3.14.